The number of aryl methyl sites for hydroxylation is 1. The van der Waals surface area contributed by atoms with Gasteiger partial charge in [0.25, 0.3) is 5.92 Å². The molecule has 6 heteroatoms. The molecule has 0 aliphatic rings. The van der Waals surface area contributed by atoms with Crippen molar-refractivity contribution in [1.29, 1.82) is 0 Å². The molecule has 3 heterocycles. The van der Waals surface area contributed by atoms with E-state index in [4.69, 9.17) is 4.52 Å². The highest BCUT2D eigenvalue weighted by atomic mass is 19.3. The predicted octanol–water partition coefficient (Wildman–Crippen LogP) is 5.89. The average Bonchev–Trinajstić information content (AvgIpc) is 3.37. The second-order valence-corrected chi connectivity index (χ2v) is 7.87. The minimum absolute atomic E-state index is 0.0152. The van der Waals surface area contributed by atoms with Gasteiger partial charge in [0.1, 0.15) is 0 Å². The maximum atomic E-state index is 13.7. The van der Waals surface area contributed by atoms with Crippen LogP contribution in [0.4, 0.5) is 8.78 Å². The second-order valence-electron chi connectivity index (χ2n) is 7.87. The molecule has 5 rings (SSSR count). The molecule has 0 saturated carbocycles. The first kappa shape index (κ1) is 20.0. The molecular formula is C26H19F2N3O. The van der Waals surface area contributed by atoms with Crippen molar-refractivity contribution in [3.63, 3.8) is 0 Å². The Labute approximate surface area is 183 Å². The van der Waals surface area contributed by atoms with Crippen LogP contribution in [0.15, 0.2) is 71.5 Å². The molecule has 2 aromatic carbocycles. The molecule has 0 atom stereocenters. The lowest BCUT2D eigenvalue weighted by atomic mass is 10.00. The van der Waals surface area contributed by atoms with Crippen LogP contribution in [0.2, 0.25) is 0 Å². The average molecular weight is 427 g/mol. The lowest BCUT2D eigenvalue weighted by Gasteiger charge is -2.11. The molecule has 3 aromatic heterocycles. The third-order valence-corrected chi connectivity index (χ3v) is 5.48. The lowest BCUT2D eigenvalue weighted by molar-refractivity contribution is 0.0174. The molecule has 0 saturated heterocycles. The zero-order valence-corrected chi connectivity index (χ0v) is 17.6. The van der Waals surface area contributed by atoms with Crippen molar-refractivity contribution in [3.8, 4) is 11.8 Å². The molecule has 0 bridgehead atoms. The fourth-order valence-electron chi connectivity index (χ4n) is 3.74. The Balaban J connectivity index is 1.53. The number of aromatic nitrogens is 3. The van der Waals surface area contributed by atoms with Crippen LogP contribution in [0.3, 0.4) is 0 Å². The molecule has 0 radical (unpaired) electrons. The number of hydrogen-bond acceptors (Lipinski definition) is 3. The SMILES string of the molecule is Cc1ccc2c(Cc3cccc(C(C)(F)F)c3)noc2c1C#Cc1cnn2ccccc12. The molecule has 4 nitrogen and oxygen atoms in total. The van der Waals surface area contributed by atoms with E-state index in [0.29, 0.717) is 17.7 Å². The molecular weight excluding hydrogens is 408 g/mol. The largest absolute Gasteiger partial charge is 0.355 e. The topological polar surface area (TPSA) is 43.3 Å². The molecule has 32 heavy (non-hydrogen) atoms. The van der Waals surface area contributed by atoms with Crippen LogP contribution >= 0.6 is 0 Å². The summed E-state index contributed by atoms with van der Waals surface area (Å²) >= 11 is 0. The quantitative estimate of drug-likeness (QED) is 0.338. The predicted molar refractivity (Wildman–Crippen MR) is 119 cm³/mol. The number of nitrogens with zero attached hydrogens (tertiary/aromatic N) is 3. The number of pyridine rings is 1. The Morgan fingerprint density at radius 1 is 1.06 bits per heavy atom. The monoisotopic (exact) mass is 427 g/mol. The first-order valence-electron chi connectivity index (χ1n) is 10.2. The van der Waals surface area contributed by atoms with Crippen molar-refractivity contribution < 1.29 is 13.3 Å². The fraction of sp³-hybridized carbons (Fsp3) is 0.154. The van der Waals surface area contributed by atoms with Crippen molar-refractivity contribution in [2.75, 3.05) is 0 Å². The van der Waals surface area contributed by atoms with E-state index in [0.717, 1.165) is 40.1 Å². The normalized spacial score (nSPS) is 11.6. The molecule has 0 unspecified atom stereocenters. The number of hydrogen-bond donors (Lipinski definition) is 0. The van der Waals surface area contributed by atoms with Gasteiger partial charge in [-0.25, -0.2) is 13.3 Å². The zero-order chi connectivity index (χ0) is 22.3. The minimum atomic E-state index is -2.89. The van der Waals surface area contributed by atoms with Gasteiger partial charge in [0, 0.05) is 30.5 Å². The Kier molecular flexibility index (Phi) is 4.75. The highest BCUT2D eigenvalue weighted by Gasteiger charge is 2.24. The molecule has 0 fully saturated rings. The molecule has 0 N–H and O–H groups in total. The van der Waals surface area contributed by atoms with Gasteiger partial charge in [0.2, 0.25) is 0 Å². The van der Waals surface area contributed by atoms with E-state index in [1.54, 1.807) is 16.8 Å². The summed E-state index contributed by atoms with van der Waals surface area (Å²) in [5, 5.41) is 9.38. The summed E-state index contributed by atoms with van der Waals surface area (Å²) in [5.74, 6) is 3.53. The van der Waals surface area contributed by atoms with Gasteiger partial charge >= 0.3 is 0 Å². The van der Waals surface area contributed by atoms with E-state index in [9.17, 15) is 8.78 Å². The van der Waals surface area contributed by atoms with E-state index in [1.807, 2.05) is 49.5 Å². The van der Waals surface area contributed by atoms with E-state index in [-0.39, 0.29) is 5.56 Å². The van der Waals surface area contributed by atoms with Crippen LogP contribution in [0.25, 0.3) is 16.5 Å². The van der Waals surface area contributed by atoms with Gasteiger partial charge in [0.15, 0.2) is 5.58 Å². The molecule has 158 valence electrons. The summed E-state index contributed by atoms with van der Waals surface area (Å²) in [6.45, 7) is 2.86. The first-order valence-corrected chi connectivity index (χ1v) is 10.2. The number of fused-ring (bicyclic) bond motifs is 2. The minimum Gasteiger partial charge on any atom is -0.355 e. The number of alkyl halides is 2. The molecule has 0 aliphatic heterocycles. The van der Waals surface area contributed by atoms with E-state index in [1.165, 1.54) is 12.1 Å². The first-order chi connectivity index (χ1) is 15.4. The van der Waals surface area contributed by atoms with Crippen LogP contribution in [0, 0.1) is 18.8 Å². The van der Waals surface area contributed by atoms with Gasteiger partial charge in [0.05, 0.1) is 28.5 Å². The van der Waals surface area contributed by atoms with Crippen LogP contribution in [0.1, 0.15) is 40.4 Å². The maximum Gasteiger partial charge on any atom is 0.270 e. The van der Waals surface area contributed by atoms with E-state index < -0.39 is 5.92 Å². The maximum absolute atomic E-state index is 13.7. The van der Waals surface area contributed by atoms with Gasteiger partial charge in [-0.1, -0.05) is 47.3 Å². The van der Waals surface area contributed by atoms with Crippen molar-refractivity contribution in [2.24, 2.45) is 0 Å². The Bertz CT molecular complexity index is 1510. The third kappa shape index (κ3) is 3.63. The van der Waals surface area contributed by atoms with Crippen LogP contribution in [-0.4, -0.2) is 14.8 Å². The van der Waals surface area contributed by atoms with Gasteiger partial charge in [-0.2, -0.15) is 5.10 Å². The van der Waals surface area contributed by atoms with Crippen LogP contribution < -0.4 is 0 Å². The van der Waals surface area contributed by atoms with Crippen molar-refractivity contribution in [1.82, 2.24) is 14.8 Å². The van der Waals surface area contributed by atoms with Crippen molar-refractivity contribution in [2.45, 2.75) is 26.2 Å². The summed E-state index contributed by atoms with van der Waals surface area (Å²) in [6.07, 6.45) is 4.00. The van der Waals surface area contributed by atoms with Gasteiger partial charge in [-0.15, -0.1) is 0 Å². The van der Waals surface area contributed by atoms with Crippen LogP contribution in [-0.2, 0) is 12.3 Å². The second kappa shape index (κ2) is 7.61. The summed E-state index contributed by atoms with van der Waals surface area (Å²) in [5.41, 5.74) is 5.49. The van der Waals surface area contributed by atoms with Crippen molar-refractivity contribution >= 4 is 16.5 Å². The summed E-state index contributed by atoms with van der Waals surface area (Å²) < 4.78 is 34.9. The van der Waals surface area contributed by atoms with Gasteiger partial charge in [-0.05, 0) is 42.3 Å². The van der Waals surface area contributed by atoms with Crippen molar-refractivity contribution in [3.05, 3.63) is 101 Å². The standard InChI is InChI=1S/C26H19F2N3O/c1-17-9-11-22-23(15-18-6-5-7-20(14-18)26(2,27)28)30-32-25(22)21(17)12-10-19-16-29-31-13-4-3-8-24(19)31/h3-9,11,13-14,16H,15H2,1-2H3. The number of rotatable bonds is 3. The fourth-order valence-corrected chi connectivity index (χ4v) is 3.74. The summed E-state index contributed by atoms with van der Waals surface area (Å²) in [6, 6.07) is 16.1. The number of benzene rings is 2. The molecule has 5 aromatic rings. The highest BCUT2D eigenvalue weighted by Crippen LogP contribution is 2.30. The number of halogens is 2. The Morgan fingerprint density at radius 2 is 1.94 bits per heavy atom. The van der Waals surface area contributed by atoms with E-state index >= 15 is 0 Å². The smallest absolute Gasteiger partial charge is 0.270 e. The van der Waals surface area contributed by atoms with Gasteiger partial charge < -0.3 is 4.52 Å². The highest BCUT2D eigenvalue weighted by molar-refractivity contribution is 5.86. The van der Waals surface area contributed by atoms with E-state index in [2.05, 4.69) is 22.1 Å². The molecule has 0 amide bonds. The Hall–Kier alpha value is -3.98. The van der Waals surface area contributed by atoms with Gasteiger partial charge in [-0.3, -0.25) is 0 Å². The Morgan fingerprint density at radius 3 is 2.78 bits per heavy atom. The van der Waals surface area contributed by atoms with Crippen LogP contribution in [0.5, 0.6) is 0 Å². The third-order valence-electron chi connectivity index (χ3n) is 5.48. The summed E-state index contributed by atoms with van der Waals surface area (Å²) in [7, 11) is 0. The lowest BCUT2D eigenvalue weighted by Crippen LogP contribution is -2.07. The molecule has 0 aliphatic carbocycles. The molecule has 0 spiro atoms. The zero-order valence-electron chi connectivity index (χ0n) is 17.6. The summed E-state index contributed by atoms with van der Waals surface area (Å²) in [4.78, 5) is 0.